The highest BCUT2D eigenvalue weighted by molar-refractivity contribution is 9.10. The second-order valence-corrected chi connectivity index (χ2v) is 4.35. The second kappa shape index (κ2) is 4.41. The highest BCUT2D eigenvalue weighted by Crippen LogP contribution is 2.24. The summed E-state index contributed by atoms with van der Waals surface area (Å²) in [6.45, 7) is 1.64. The van der Waals surface area contributed by atoms with Crippen LogP contribution in [0.2, 0.25) is 0 Å². The van der Waals surface area contributed by atoms with E-state index in [1.165, 1.54) is 18.4 Å². The van der Waals surface area contributed by atoms with Gasteiger partial charge in [0.15, 0.2) is 5.82 Å². The Morgan fingerprint density at radius 2 is 2.06 bits per heavy atom. The highest BCUT2D eigenvalue weighted by atomic mass is 79.9. The Bertz CT molecular complexity index is 590. The lowest BCUT2D eigenvalue weighted by Gasteiger charge is -2.03. The monoisotopic (exact) mass is 300 g/mol. The van der Waals surface area contributed by atoms with Gasteiger partial charge in [0.1, 0.15) is 17.8 Å². The van der Waals surface area contributed by atoms with Gasteiger partial charge in [0, 0.05) is 0 Å². The number of hydrogen-bond donors (Lipinski definition) is 0. The number of carbonyl (C=O) groups is 1. The summed E-state index contributed by atoms with van der Waals surface area (Å²) in [6, 6.07) is 3.68. The largest absolute Gasteiger partial charge is 0.469 e. The van der Waals surface area contributed by atoms with Crippen LogP contribution < -0.4 is 0 Å². The Hall–Kier alpha value is -1.49. The van der Waals surface area contributed by atoms with E-state index in [0.717, 1.165) is 6.07 Å². The molecule has 0 saturated carbocycles. The van der Waals surface area contributed by atoms with Crippen LogP contribution >= 0.6 is 15.9 Å². The fourth-order valence-corrected chi connectivity index (χ4v) is 1.77. The van der Waals surface area contributed by atoms with Gasteiger partial charge in [0.25, 0.3) is 0 Å². The Balaban J connectivity index is 2.54. The molecule has 0 amide bonds. The maximum absolute atomic E-state index is 13.7. The molecule has 2 aromatic rings. The third-order valence-corrected chi connectivity index (χ3v) is 2.88. The van der Waals surface area contributed by atoms with Gasteiger partial charge in [-0.2, -0.15) is 0 Å². The van der Waals surface area contributed by atoms with Crippen LogP contribution in [0.1, 0.15) is 21.7 Å². The van der Waals surface area contributed by atoms with Crippen LogP contribution in [0.3, 0.4) is 0 Å². The Morgan fingerprint density at radius 1 is 1.35 bits per heavy atom. The third-order valence-electron chi connectivity index (χ3n) is 2.26. The van der Waals surface area contributed by atoms with Crippen molar-refractivity contribution in [3.8, 4) is 0 Å². The summed E-state index contributed by atoms with van der Waals surface area (Å²) in [5.74, 6) is -2.04. The predicted octanol–water partition coefficient (Wildman–Crippen LogP) is 3.86. The van der Waals surface area contributed by atoms with E-state index in [1.807, 2.05) is 0 Å². The highest BCUT2D eigenvalue weighted by Gasteiger charge is 2.22. The van der Waals surface area contributed by atoms with Crippen molar-refractivity contribution in [2.24, 2.45) is 0 Å². The molecule has 0 aliphatic rings. The molecule has 0 atom stereocenters. The fourth-order valence-electron chi connectivity index (χ4n) is 1.44. The summed E-state index contributed by atoms with van der Waals surface area (Å²) in [5, 5.41) is 0. The molecule has 0 radical (unpaired) electrons. The number of halogens is 3. The molecule has 1 heterocycles. The molecule has 0 aliphatic carbocycles. The van der Waals surface area contributed by atoms with Crippen LogP contribution in [0.5, 0.6) is 0 Å². The van der Waals surface area contributed by atoms with E-state index in [9.17, 15) is 13.6 Å². The van der Waals surface area contributed by atoms with Gasteiger partial charge in [0.2, 0.25) is 5.78 Å². The molecule has 0 fully saturated rings. The van der Waals surface area contributed by atoms with E-state index in [0.29, 0.717) is 5.76 Å². The molecule has 1 aromatic heterocycles. The van der Waals surface area contributed by atoms with Crippen molar-refractivity contribution in [2.75, 3.05) is 0 Å². The number of rotatable bonds is 2. The van der Waals surface area contributed by atoms with E-state index in [2.05, 4.69) is 15.9 Å². The van der Waals surface area contributed by atoms with E-state index in [-0.39, 0.29) is 10.0 Å². The van der Waals surface area contributed by atoms with Crippen molar-refractivity contribution in [3.05, 3.63) is 57.5 Å². The van der Waals surface area contributed by atoms with Gasteiger partial charge in [-0.1, -0.05) is 0 Å². The average molecular weight is 301 g/mol. The summed E-state index contributed by atoms with van der Waals surface area (Å²) in [7, 11) is 0. The van der Waals surface area contributed by atoms with Crippen LogP contribution in [0.4, 0.5) is 8.78 Å². The zero-order valence-corrected chi connectivity index (χ0v) is 10.3. The van der Waals surface area contributed by atoms with Crippen molar-refractivity contribution < 1.29 is 18.0 Å². The minimum Gasteiger partial charge on any atom is -0.469 e. The number of aryl methyl sites for hydroxylation is 1. The SMILES string of the molecule is Cc1cc(C(=O)c2c(F)ccc(Br)c2F)co1. The fraction of sp³-hybridized carbons (Fsp3) is 0.0833. The van der Waals surface area contributed by atoms with Gasteiger partial charge in [0.05, 0.1) is 15.6 Å². The molecule has 2 rings (SSSR count). The first-order valence-corrected chi connectivity index (χ1v) is 5.53. The molecule has 5 heteroatoms. The number of ketones is 1. The summed E-state index contributed by atoms with van der Waals surface area (Å²) in [4.78, 5) is 11.9. The number of benzene rings is 1. The van der Waals surface area contributed by atoms with Gasteiger partial charge in [-0.05, 0) is 41.1 Å². The van der Waals surface area contributed by atoms with Gasteiger partial charge >= 0.3 is 0 Å². The zero-order valence-electron chi connectivity index (χ0n) is 8.76. The molecule has 0 unspecified atom stereocenters. The van der Waals surface area contributed by atoms with Crippen LogP contribution in [0.25, 0.3) is 0 Å². The lowest BCUT2D eigenvalue weighted by molar-refractivity contribution is 0.103. The first kappa shape index (κ1) is 12.0. The molecule has 0 spiro atoms. The molecule has 0 N–H and O–H groups in total. The first-order chi connectivity index (χ1) is 8.00. The molecular formula is C12H7BrF2O2. The normalized spacial score (nSPS) is 10.6. The van der Waals surface area contributed by atoms with Crippen LogP contribution in [0, 0.1) is 18.6 Å². The third kappa shape index (κ3) is 2.15. The zero-order chi connectivity index (χ0) is 12.6. The minimum atomic E-state index is -0.908. The molecular weight excluding hydrogens is 294 g/mol. The second-order valence-electron chi connectivity index (χ2n) is 3.49. The summed E-state index contributed by atoms with van der Waals surface area (Å²) in [6.07, 6.45) is 1.18. The first-order valence-electron chi connectivity index (χ1n) is 4.74. The summed E-state index contributed by atoms with van der Waals surface area (Å²) in [5.41, 5.74) is -0.460. The van der Waals surface area contributed by atoms with Gasteiger partial charge in [-0.25, -0.2) is 8.78 Å². The smallest absolute Gasteiger partial charge is 0.202 e. The summed E-state index contributed by atoms with van der Waals surface area (Å²) < 4.78 is 32.1. The van der Waals surface area contributed by atoms with Crippen molar-refractivity contribution in [1.82, 2.24) is 0 Å². The quantitative estimate of drug-likeness (QED) is 0.623. The van der Waals surface area contributed by atoms with Crippen molar-refractivity contribution >= 4 is 21.7 Å². The van der Waals surface area contributed by atoms with E-state index in [4.69, 9.17) is 4.42 Å². The van der Waals surface area contributed by atoms with Gasteiger partial charge in [-0.3, -0.25) is 4.79 Å². The van der Waals surface area contributed by atoms with E-state index in [1.54, 1.807) is 6.92 Å². The Labute approximate surface area is 104 Å². The minimum absolute atomic E-state index is 0.0440. The van der Waals surface area contributed by atoms with Crippen LogP contribution in [-0.4, -0.2) is 5.78 Å². The van der Waals surface area contributed by atoms with Crippen LogP contribution in [-0.2, 0) is 0 Å². The molecule has 0 bridgehead atoms. The molecule has 2 nitrogen and oxygen atoms in total. The lowest BCUT2D eigenvalue weighted by Crippen LogP contribution is -2.07. The number of carbonyl (C=O) groups excluding carboxylic acids is 1. The molecule has 88 valence electrons. The van der Waals surface area contributed by atoms with E-state index < -0.39 is 23.0 Å². The topological polar surface area (TPSA) is 30.2 Å². The number of hydrogen-bond acceptors (Lipinski definition) is 2. The predicted molar refractivity (Wildman–Crippen MR) is 60.9 cm³/mol. The average Bonchev–Trinajstić information content (AvgIpc) is 2.71. The Morgan fingerprint density at radius 3 is 2.65 bits per heavy atom. The number of furan rings is 1. The lowest BCUT2D eigenvalue weighted by atomic mass is 10.0. The van der Waals surface area contributed by atoms with E-state index >= 15 is 0 Å². The van der Waals surface area contributed by atoms with Crippen molar-refractivity contribution in [2.45, 2.75) is 6.92 Å². The molecule has 17 heavy (non-hydrogen) atoms. The van der Waals surface area contributed by atoms with Crippen LogP contribution in [0.15, 0.2) is 33.4 Å². The summed E-state index contributed by atoms with van der Waals surface area (Å²) >= 11 is 2.91. The maximum Gasteiger partial charge on any atom is 0.202 e. The molecule has 1 aromatic carbocycles. The molecule has 0 aliphatic heterocycles. The van der Waals surface area contributed by atoms with Crippen molar-refractivity contribution in [1.29, 1.82) is 0 Å². The molecule has 0 saturated heterocycles. The standard InChI is InChI=1S/C12H7BrF2O2/c1-6-4-7(5-17-6)12(16)10-9(14)3-2-8(13)11(10)15/h2-5H,1H3. The van der Waals surface area contributed by atoms with Crippen molar-refractivity contribution in [3.63, 3.8) is 0 Å². The van der Waals surface area contributed by atoms with Gasteiger partial charge in [-0.15, -0.1) is 0 Å². The Kier molecular flexibility index (Phi) is 3.11. The van der Waals surface area contributed by atoms with Gasteiger partial charge < -0.3 is 4.42 Å². The maximum atomic E-state index is 13.7.